The van der Waals surface area contributed by atoms with Gasteiger partial charge in [0.2, 0.25) is 0 Å². The van der Waals surface area contributed by atoms with Crippen molar-refractivity contribution in [1.29, 1.82) is 0 Å². The van der Waals surface area contributed by atoms with Gasteiger partial charge in [-0.2, -0.15) is 0 Å². The Morgan fingerprint density at radius 2 is 1.92 bits per heavy atom. The molecule has 1 heterocycles. The fraction of sp³-hybridized carbons (Fsp3) is 0.182. The second-order valence-electron chi connectivity index (χ2n) is 3.31. The van der Waals surface area contributed by atoms with Crippen LogP contribution in [0.4, 0.5) is 0 Å². The Hall–Kier alpha value is -1.37. The molecule has 58 valence electrons. The third-order valence-electron chi connectivity index (χ3n) is 2.61. The van der Waals surface area contributed by atoms with E-state index in [0.29, 0.717) is 0 Å². The maximum atomic E-state index is 4.22. The van der Waals surface area contributed by atoms with Crippen molar-refractivity contribution in [3.63, 3.8) is 0 Å². The van der Waals surface area contributed by atoms with Crippen molar-refractivity contribution in [2.45, 2.75) is 12.8 Å². The molecule has 0 bridgehead atoms. The van der Waals surface area contributed by atoms with Crippen molar-refractivity contribution in [3.05, 3.63) is 41.7 Å². The number of nitrogens with zero attached hydrogens (tertiary/aromatic N) is 1. The first-order valence-electron chi connectivity index (χ1n) is 4.29. The van der Waals surface area contributed by atoms with Crippen LogP contribution in [0.3, 0.4) is 0 Å². The summed E-state index contributed by atoms with van der Waals surface area (Å²) in [6, 6.07) is 6.48. The van der Waals surface area contributed by atoms with E-state index >= 15 is 0 Å². The fourth-order valence-corrected chi connectivity index (χ4v) is 2.06. The summed E-state index contributed by atoms with van der Waals surface area (Å²) < 4.78 is 0. The number of pyridine rings is 1. The van der Waals surface area contributed by atoms with E-state index in [4.69, 9.17) is 0 Å². The first-order chi connectivity index (χ1) is 5.95. The molecule has 1 heteroatoms. The highest BCUT2D eigenvalue weighted by molar-refractivity contribution is 5.89. The summed E-state index contributed by atoms with van der Waals surface area (Å²) in [5.41, 5.74) is 2.91. The van der Waals surface area contributed by atoms with Gasteiger partial charge in [-0.25, -0.2) is 0 Å². The third kappa shape index (κ3) is 0.658. The van der Waals surface area contributed by atoms with Gasteiger partial charge in [0.15, 0.2) is 0 Å². The maximum Gasteiger partial charge on any atom is 0.0346 e. The summed E-state index contributed by atoms with van der Waals surface area (Å²) in [5, 5.41) is 2.75. The standard InChI is InChI=1S/C11H9N/c1-2-8-4-5-10-7-12-6-9(3-1)11(8)10/h1-3,6-7H,4-5H2. The molecule has 0 saturated heterocycles. The summed E-state index contributed by atoms with van der Waals surface area (Å²) in [6.45, 7) is 0. The average molecular weight is 155 g/mol. The number of rotatable bonds is 0. The van der Waals surface area contributed by atoms with E-state index < -0.39 is 0 Å². The summed E-state index contributed by atoms with van der Waals surface area (Å²) in [5.74, 6) is 0. The zero-order chi connectivity index (χ0) is 7.97. The summed E-state index contributed by atoms with van der Waals surface area (Å²) in [4.78, 5) is 4.22. The molecule has 0 unspecified atom stereocenters. The third-order valence-corrected chi connectivity index (χ3v) is 2.61. The minimum Gasteiger partial charge on any atom is -0.264 e. The predicted octanol–water partition coefficient (Wildman–Crippen LogP) is 2.33. The van der Waals surface area contributed by atoms with Crippen LogP contribution in [0.25, 0.3) is 10.8 Å². The molecule has 0 fully saturated rings. The van der Waals surface area contributed by atoms with Gasteiger partial charge in [0.1, 0.15) is 0 Å². The largest absolute Gasteiger partial charge is 0.264 e. The zero-order valence-electron chi connectivity index (χ0n) is 6.75. The molecule has 1 aromatic carbocycles. The van der Waals surface area contributed by atoms with Crippen LogP contribution in [0.1, 0.15) is 11.1 Å². The van der Waals surface area contributed by atoms with Gasteiger partial charge in [0.25, 0.3) is 0 Å². The number of aromatic nitrogens is 1. The van der Waals surface area contributed by atoms with Gasteiger partial charge in [-0.05, 0) is 29.4 Å². The fourth-order valence-electron chi connectivity index (χ4n) is 2.06. The van der Waals surface area contributed by atoms with Crippen molar-refractivity contribution in [2.75, 3.05) is 0 Å². The highest BCUT2D eigenvalue weighted by Crippen LogP contribution is 2.29. The Morgan fingerprint density at radius 1 is 1.00 bits per heavy atom. The number of hydrogen-bond acceptors (Lipinski definition) is 1. The van der Waals surface area contributed by atoms with Crippen LogP contribution in [-0.2, 0) is 12.8 Å². The zero-order valence-corrected chi connectivity index (χ0v) is 6.75. The molecular formula is C11H9N. The molecule has 3 rings (SSSR count). The molecule has 0 saturated carbocycles. The first kappa shape index (κ1) is 6.18. The molecule has 0 atom stereocenters. The van der Waals surface area contributed by atoms with Crippen LogP contribution in [0.5, 0.6) is 0 Å². The van der Waals surface area contributed by atoms with Crippen molar-refractivity contribution >= 4 is 10.8 Å². The molecule has 1 nitrogen and oxygen atoms in total. The quantitative estimate of drug-likeness (QED) is 0.569. The second kappa shape index (κ2) is 2.07. The van der Waals surface area contributed by atoms with E-state index in [-0.39, 0.29) is 0 Å². The molecule has 0 radical (unpaired) electrons. The average Bonchev–Trinajstić information content (AvgIpc) is 2.52. The highest BCUT2D eigenvalue weighted by Gasteiger charge is 2.12. The van der Waals surface area contributed by atoms with Gasteiger partial charge in [0, 0.05) is 17.8 Å². The van der Waals surface area contributed by atoms with Crippen LogP contribution in [0, 0.1) is 0 Å². The smallest absolute Gasteiger partial charge is 0.0346 e. The Kier molecular flexibility index (Phi) is 1.06. The lowest BCUT2D eigenvalue weighted by molar-refractivity contribution is 1.02. The lowest BCUT2D eigenvalue weighted by Gasteiger charge is -1.98. The molecule has 12 heavy (non-hydrogen) atoms. The van der Waals surface area contributed by atoms with E-state index in [1.165, 1.54) is 34.7 Å². The topological polar surface area (TPSA) is 12.9 Å². The molecule has 0 amide bonds. The highest BCUT2D eigenvalue weighted by atomic mass is 14.6. The van der Waals surface area contributed by atoms with Crippen LogP contribution < -0.4 is 0 Å². The Bertz CT molecular complexity index is 407. The molecule has 1 aliphatic rings. The van der Waals surface area contributed by atoms with Crippen LogP contribution in [0.2, 0.25) is 0 Å². The first-order valence-corrected chi connectivity index (χ1v) is 4.29. The van der Waals surface area contributed by atoms with Gasteiger partial charge < -0.3 is 0 Å². The van der Waals surface area contributed by atoms with E-state index in [1.807, 2.05) is 12.4 Å². The molecule has 1 aliphatic carbocycles. The minimum atomic E-state index is 1.17. The van der Waals surface area contributed by atoms with E-state index in [0.717, 1.165) is 0 Å². The van der Waals surface area contributed by atoms with Gasteiger partial charge in [-0.15, -0.1) is 0 Å². The summed E-state index contributed by atoms with van der Waals surface area (Å²) in [6.07, 6.45) is 6.31. The number of aryl methyl sites for hydroxylation is 2. The van der Waals surface area contributed by atoms with Gasteiger partial charge in [-0.1, -0.05) is 18.2 Å². The molecule has 0 spiro atoms. The van der Waals surface area contributed by atoms with Crippen LogP contribution >= 0.6 is 0 Å². The second-order valence-corrected chi connectivity index (χ2v) is 3.31. The van der Waals surface area contributed by atoms with Crippen molar-refractivity contribution in [2.24, 2.45) is 0 Å². The normalized spacial score (nSPS) is 14.0. The van der Waals surface area contributed by atoms with Gasteiger partial charge in [0.05, 0.1) is 0 Å². The van der Waals surface area contributed by atoms with Gasteiger partial charge in [-0.3, -0.25) is 4.98 Å². The van der Waals surface area contributed by atoms with Crippen molar-refractivity contribution in [1.82, 2.24) is 4.98 Å². The van der Waals surface area contributed by atoms with Crippen LogP contribution in [-0.4, -0.2) is 4.98 Å². The summed E-state index contributed by atoms with van der Waals surface area (Å²) in [7, 11) is 0. The van der Waals surface area contributed by atoms with Crippen molar-refractivity contribution in [3.8, 4) is 0 Å². The minimum absolute atomic E-state index is 1.17. The van der Waals surface area contributed by atoms with Crippen molar-refractivity contribution < 1.29 is 0 Å². The Morgan fingerprint density at radius 3 is 2.92 bits per heavy atom. The lowest BCUT2D eigenvalue weighted by atomic mass is 10.1. The SMILES string of the molecule is c1cc2c3c(cncc3c1)CC2. The van der Waals surface area contributed by atoms with E-state index in [9.17, 15) is 0 Å². The van der Waals surface area contributed by atoms with Gasteiger partial charge >= 0.3 is 0 Å². The predicted molar refractivity (Wildman–Crippen MR) is 49.2 cm³/mol. The Labute approximate surface area is 71.1 Å². The summed E-state index contributed by atoms with van der Waals surface area (Å²) >= 11 is 0. The number of hydrogen-bond donors (Lipinski definition) is 0. The molecule has 0 N–H and O–H groups in total. The maximum absolute atomic E-state index is 4.22. The van der Waals surface area contributed by atoms with E-state index in [2.05, 4.69) is 23.2 Å². The van der Waals surface area contributed by atoms with Crippen LogP contribution in [0.15, 0.2) is 30.6 Å². The Balaban J connectivity index is 2.58. The monoisotopic (exact) mass is 155 g/mol. The molecule has 1 aromatic heterocycles. The molecule has 0 aliphatic heterocycles. The number of benzene rings is 1. The molecular weight excluding hydrogens is 146 g/mol. The van der Waals surface area contributed by atoms with E-state index in [1.54, 1.807) is 0 Å². The molecule has 2 aromatic rings. The lowest BCUT2D eigenvalue weighted by Crippen LogP contribution is -1.80.